The average molecular weight is 441 g/mol. The van der Waals surface area contributed by atoms with Crippen molar-refractivity contribution in [3.63, 3.8) is 0 Å². The van der Waals surface area contributed by atoms with Crippen LogP contribution < -0.4 is 10.1 Å². The Labute approximate surface area is 179 Å². The van der Waals surface area contributed by atoms with Crippen molar-refractivity contribution in [1.29, 1.82) is 0 Å². The molecule has 1 N–H and O–H groups in total. The lowest BCUT2D eigenvalue weighted by molar-refractivity contribution is -0.142. The monoisotopic (exact) mass is 440 g/mol. The summed E-state index contributed by atoms with van der Waals surface area (Å²) < 4.78 is 19.1. The van der Waals surface area contributed by atoms with Crippen LogP contribution in [0.2, 0.25) is 10.0 Å². The zero-order chi connectivity index (χ0) is 21.6. The van der Waals surface area contributed by atoms with Gasteiger partial charge in [-0.3, -0.25) is 9.59 Å². The second-order valence-electron chi connectivity index (χ2n) is 6.78. The van der Waals surface area contributed by atoms with Gasteiger partial charge in [0.05, 0.1) is 0 Å². The van der Waals surface area contributed by atoms with Crippen LogP contribution in [0.3, 0.4) is 0 Å². The Morgan fingerprint density at radius 1 is 1.07 bits per heavy atom. The van der Waals surface area contributed by atoms with Crippen LogP contribution in [0.1, 0.15) is 26.3 Å². The van der Waals surface area contributed by atoms with Gasteiger partial charge in [0.25, 0.3) is 5.91 Å². The van der Waals surface area contributed by atoms with Gasteiger partial charge in [-0.2, -0.15) is 0 Å². The fourth-order valence-electron chi connectivity index (χ4n) is 2.63. The molecule has 5 nitrogen and oxygen atoms in total. The molecule has 0 aliphatic rings. The second kappa shape index (κ2) is 10.5. The third kappa shape index (κ3) is 6.34. The van der Waals surface area contributed by atoms with E-state index in [-0.39, 0.29) is 24.2 Å². The molecule has 0 aliphatic heterocycles. The van der Waals surface area contributed by atoms with Gasteiger partial charge in [-0.1, -0.05) is 41.4 Å². The number of carbonyl (C=O) groups excluding carboxylic acids is 2. The van der Waals surface area contributed by atoms with Crippen molar-refractivity contribution in [1.82, 2.24) is 10.2 Å². The van der Waals surface area contributed by atoms with Crippen molar-refractivity contribution in [3.05, 3.63) is 63.9 Å². The molecule has 0 unspecified atom stereocenters. The number of nitrogens with zero attached hydrogens (tertiary/aromatic N) is 1. The molecule has 1 atom stereocenters. The van der Waals surface area contributed by atoms with E-state index in [4.69, 9.17) is 27.9 Å². The van der Waals surface area contributed by atoms with E-state index in [1.165, 1.54) is 23.1 Å². The number of para-hydroxylation sites is 1. The molecular formula is C21H23Cl2FN2O3. The summed E-state index contributed by atoms with van der Waals surface area (Å²) in [6, 6.07) is 9.86. The van der Waals surface area contributed by atoms with E-state index < -0.39 is 24.4 Å². The predicted octanol–water partition coefficient (Wildman–Crippen LogP) is 4.45. The Hall–Kier alpha value is -2.31. The summed E-state index contributed by atoms with van der Waals surface area (Å²) >= 11 is 12.5. The van der Waals surface area contributed by atoms with Gasteiger partial charge in [0.2, 0.25) is 5.91 Å². The van der Waals surface area contributed by atoms with E-state index in [9.17, 15) is 14.0 Å². The molecule has 0 spiro atoms. The number of hydrogen-bond acceptors (Lipinski definition) is 3. The highest BCUT2D eigenvalue weighted by Gasteiger charge is 2.28. The first-order chi connectivity index (χ1) is 13.7. The summed E-state index contributed by atoms with van der Waals surface area (Å²) in [7, 11) is 0. The Morgan fingerprint density at radius 2 is 1.69 bits per heavy atom. The molecule has 0 heterocycles. The number of hydrogen-bond donors (Lipinski definition) is 1. The number of nitrogens with one attached hydrogen (secondary N) is 1. The zero-order valence-corrected chi connectivity index (χ0v) is 17.9. The van der Waals surface area contributed by atoms with Crippen LogP contribution in [-0.2, 0) is 16.1 Å². The minimum atomic E-state index is -0.818. The fourth-order valence-corrected chi connectivity index (χ4v) is 3.14. The number of carbonyl (C=O) groups is 2. The highest BCUT2D eigenvalue weighted by molar-refractivity contribution is 6.36. The summed E-state index contributed by atoms with van der Waals surface area (Å²) in [5.74, 6) is -1.46. The van der Waals surface area contributed by atoms with Crippen LogP contribution in [-0.4, -0.2) is 35.4 Å². The van der Waals surface area contributed by atoms with Crippen molar-refractivity contribution < 1.29 is 18.7 Å². The van der Waals surface area contributed by atoms with Gasteiger partial charge in [0.1, 0.15) is 6.04 Å². The molecule has 8 heteroatoms. The van der Waals surface area contributed by atoms with Gasteiger partial charge < -0.3 is 15.0 Å². The molecule has 0 aliphatic carbocycles. The van der Waals surface area contributed by atoms with Crippen LogP contribution in [0.15, 0.2) is 42.5 Å². The molecule has 0 saturated heterocycles. The fraction of sp³-hybridized carbons (Fsp3) is 0.333. The van der Waals surface area contributed by atoms with Gasteiger partial charge in [-0.25, -0.2) is 4.39 Å². The maximum atomic E-state index is 13.8. The van der Waals surface area contributed by atoms with Crippen LogP contribution in [0.25, 0.3) is 0 Å². The first kappa shape index (κ1) is 23.0. The first-order valence-corrected chi connectivity index (χ1v) is 9.86. The molecule has 2 rings (SSSR count). The van der Waals surface area contributed by atoms with E-state index in [1.807, 2.05) is 13.8 Å². The lowest BCUT2D eigenvalue weighted by Crippen LogP contribution is -2.50. The normalized spacial score (nSPS) is 11.8. The quantitative estimate of drug-likeness (QED) is 0.659. The average Bonchev–Trinajstić information content (AvgIpc) is 2.66. The van der Waals surface area contributed by atoms with Gasteiger partial charge in [-0.15, -0.1) is 0 Å². The Kier molecular flexibility index (Phi) is 8.29. The third-order valence-corrected chi connectivity index (χ3v) is 4.88. The first-order valence-electron chi connectivity index (χ1n) is 9.10. The third-order valence-electron chi connectivity index (χ3n) is 4.18. The highest BCUT2D eigenvalue weighted by Crippen LogP contribution is 2.26. The largest absolute Gasteiger partial charge is 0.481 e. The molecule has 0 aromatic heterocycles. The zero-order valence-electron chi connectivity index (χ0n) is 16.4. The number of benzene rings is 2. The standard InChI is InChI=1S/C21H23Cl2FN2O3/c1-13(2)25-21(28)14(3)26(11-15-16(22)7-6-8-17(15)23)20(27)12-29-19-10-5-4-9-18(19)24/h4-10,13-14H,11-12H2,1-3H3,(H,25,28)/t14-/m0/s1. The molecule has 0 fully saturated rings. The molecule has 0 radical (unpaired) electrons. The Bertz CT molecular complexity index is 857. The number of amides is 2. The Balaban J connectivity index is 2.24. The minimum Gasteiger partial charge on any atom is -0.481 e. The van der Waals surface area contributed by atoms with Gasteiger partial charge >= 0.3 is 0 Å². The maximum Gasteiger partial charge on any atom is 0.261 e. The van der Waals surface area contributed by atoms with Gasteiger partial charge in [0.15, 0.2) is 18.2 Å². The van der Waals surface area contributed by atoms with Crippen molar-refractivity contribution in [2.24, 2.45) is 0 Å². The van der Waals surface area contributed by atoms with E-state index in [0.717, 1.165) is 0 Å². The topological polar surface area (TPSA) is 58.6 Å². The Morgan fingerprint density at radius 3 is 2.28 bits per heavy atom. The molecule has 29 heavy (non-hydrogen) atoms. The van der Waals surface area contributed by atoms with E-state index >= 15 is 0 Å². The van der Waals surface area contributed by atoms with Crippen molar-refractivity contribution in [2.75, 3.05) is 6.61 Å². The summed E-state index contributed by atoms with van der Waals surface area (Å²) in [4.78, 5) is 26.7. The van der Waals surface area contributed by atoms with Crippen LogP contribution >= 0.6 is 23.2 Å². The van der Waals surface area contributed by atoms with Crippen molar-refractivity contribution in [3.8, 4) is 5.75 Å². The van der Waals surface area contributed by atoms with Gasteiger partial charge in [0, 0.05) is 28.2 Å². The highest BCUT2D eigenvalue weighted by atomic mass is 35.5. The predicted molar refractivity (Wildman–Crippen MR) is 112 cm³/mol. The minimum absolute atomic E-state index is 0.00462. The van der Waals surface area contributed by atoms with Crippen LogP contribution in [0, 0.1) is 5.82 Å². The number of halogens is 3. The summed E-state index contributed by atoms with van der Waals surface area (Å²) in [5.41, 5.74) is 0.513. The summed E-state index contributed by atoms with van der Waals surface area (Å²) in [6.45, 7) is 4.81. The number of ether oxygens (including phenoxy) is 1. The summed E-state index contributed by atoms with van der Waals surface area (Å²) in [5, 5.41) is 3.53. The smallest absolute Gasteiger partial charge is 0.261 e. The molecule has 156 valence electrons. The van der Waals surface area contributed by atoms with E-state index in [0.29, 0.717) is 15.6 Å². The second-order valence-corrected chi connectivity index (χ2v) is 7.59. The van der Waals surface area contributed by atoms with Gasteiger partial charge in [-0.05, 0) is 45.0 Å². The van der Waals surface area contributed by atoms with Crippen molar-refractivity contribution >= 4 is 35.0 Å². The lowest BCUT2D eigenvalue weighted by Gasteiger charge is -2.30. The SMILES string of the molecule is CC(C)NC(=O)[C@H](C)N(Cc1c(Cl)cccc1Cl)C(=O)COc1ccccc1F. The van der Waals surface area contributed by atoms with E-state index in [1.54, 1.807) is 31.2 Å². The number of rotatable bonds is 8. The molecule has 0 saturated carbocycles. The van der Waals surface area contributed by atoms with Crippen LogP contribution in [0.4, 0.5) is 4.39 Å². The molecule has 0 bridgehead atoms. The van der Waals surface area contributed by atoms with Crippen LogP contribution in [0.5, 0.6) is 5.75 Å². The van der Waals surface area contributed by atoms with Crippen molar-refractivity contribution in [2.45, 2.75) is 39.4 Å². The maximum absolute atomic E-state index is 13.8. The van der Waals surface area contributed by atoms with E-state index in [2.05, 4.69) is 5.32 Å². The summed E-state index contributed by atoms with van der Waals surface area (Å²) in [6.07, 6.45) is 0. The molecule has 2 amide bonds. The lowest BCUT2D eigenvalue weighted by atomic mass is 10.1. The molecular weight excluding hydrogens is 418 g/mol. The molecule has 2 aromatic carbocycles. The molecule has 2 aromatic rings.